The molecule has 2 aromatic rings. The van der Waals surface area contributed by atoms with Crippen molar-refractivity contribution in [3.05, 3.63) is 69.7 Å². The molecule has 0 saturated carbocycles. The number of aryl methyl sites for hydroxylation is 2. The Labute approximate surface area is 130 Å². The first-order valence-electron chi connectivity index (χ1n) is 6.86. The molecule has 0 spiro atoms. The second kappa shape index (κ2) is 5.90. The maximum Gasteiger partial charge on any atom is 0.339 e. The number of halogens is 1. The molecule has 0 radical (unpaired) electrons. The van der Waals surface area contributed by atoms with Crippen molar-refractivity contribution in [2.24, 2.45) is 0 Å². The van der Waals surface area contributed by atoms with Gasteiger partial charge >= 0.3 is 5.97 Å². The molecule has 3 heteroatoms. The van der Waals surface area contributed by atoms with E-state index in [0.29, 0.717) is 10.6 Å². The minimum atomic E-state index is -0.708. The first-order chi connectivity index (χ1) is 9.79. The van der Waals surface area contributed by atoms with Crippen LogP contribution in [0, 0.1) is 13.8 Å². The molecule has 110 valence electrons. The highest BCUT2D eigenvalue weighted by atomic mass is 35.5. The number of hydrogen-bond donors (Lipinski definition) is 0. The molecule has 0 saturated heterocycles. The summed E-state index contributed by atoms with van der Waals surface area (Å²) in [6, 6.07) is 12.9. The molecule has 0 aliphatic rings. The molecule has 0 amide bonds. The normalized spacial score (nSPS) is 11.3. The monoisotopic (exact) mass is 302 g/mol. The fourth-order valence-electron chi connectivity index (χ4n) is 2.07. The largest absolute Gasteiger partial charge is 0.451 e. The van der Waals surface area contributed by atoms with Crippen molar-refractivity contribution in [3.63, 3.8) is 0 Å². The number of ether oxygens (including phenoxy) is 1. The minimum Gasteiger partial charge on any atom is -0.451 e. The number of carbonyl (C=O) groups excluding carboxylic acids is 1. The van der Waals surface area contributed by atoms with Gasteiger partial charge in [-0.05, 0) is 68.7 Å². The summed E-state index contributed by atoms with van der Waals surface area (Å²) in [7, 11) is 0. The molecule has 0 aliphatic carbocycles. The summed E-state index contributed by atoms with van der Waals surface area (Å²) in [5.41, 5.74) is 3.00. The van der Waals surface area contributed by atoms with Gasteiger partial charge in [0.1, 0.15) is 5.60 Å². The summed E-state index contributed by atoms with van der Waals surface area (Å²) in [6.45, 7) is 7.74. The van der Waals surface area contributed by atoms with Gasteiger partial charge < -0.3 is 4.74 Å². The zero-order chi connectivity index (χ0) is 15.6. The van der Waals surface area contributed by atoms with Crippen LogP contribution >= 0.6 is 11.6 Å². The van der Waals surface area contributed by atoms with Crippen LogP contribution in [0.5, 0.6) is 0 Å². The molecule has 2 nitrogen and oxygen atoms in total. The summed E-state index contributed by atoms with van der Waals surface area (Å²) < 4.78 is 5.66. The third-order valence-corrected chi connectivity index (χ3v) is 3.88. The summed E-state index contributed by atoms with van der Waals surface area (Å²) >= 11 is 5.89. The van der Waals surface area contributed by atoms with Gasteiger partial charge in [-0.15, -0.1) is 0 Å². The third-order valence-electron chi connectivity index (χ3n) is 3.63. The SMILES string of the molecule is Cc1ccc(C(=O)OC(C)(C)c2ccc(Cl)cc2)cc1C. The molecule has 2 aromatic carbocycles. The molecule has 0 unspecified atom stereocenters. The zero-order valence-corrected chi connectivity index (χ0v) is 13.5. The van der Waals surface area contributed by atoms with E-state index in [1.54, 1.807) is 18.2 Å². The van der Waals surface area contributed by atoms with E-state index in [1.165, 1.54) is 0 Å². The number of esters is 1. The molecule has 0 heterocycles. The van der Waals surface area contributed by atoms with Gasteiger partial charge in [-0.25, -0.2) is 4.79 Å². The molecule has 0 fully saturated rings. The van der Waals surface area contributed by atoms with Gasteiger partial charge in [0, 0.05) is 5.02 Å². The van der Waals surface area contributed by atoms with Crippen LogP contribution in [0.1, 0.15) is 40.9 Å². The van der Waals surface area contributed by atoms with E-state index < -0.39 is 5.60 Å². The van der Waals surface area contributed by atoms with Crippen LogP contribution in [-0.4, -0.2) is 5.97 Å². The van der Waals surface area contributed by atoms with Gasteiger partial charge in [0.05, 0.1) is 5.56 Å². The zero-order valence-electron chi connectivity index (χ0n) is 12.7. The average Bonchev–Trinajstić information content (AvgIpc) is 2.41. The Morgan fingerprint density at radius 2 is 1.62 bits per heavy atom. The van der Waals surface area contributed by atoms with Crippen molar-refractivity contribution >= 4 is 17.6 Å². The van der Waals surface area contributed by atoms with E-state index in [2.05, 4.69) is 0 Å². The van der Waals surface area contributed by atoms with E-state index in [9.17, 15) is 4.79 Å². The lowest BCUT2D eigenvalue weighted by Crippen LogP contribution is -2.25. The van der Waals surface area contributed by atoms with Crippen LogP contribution in [0.25, 0.3) is 0 Å². The van der Waals surface area contributed by atoms with Gasteiger partial charge in [-0.3, -0.25) is 0 Å². The second-order valence-corrected chi connectivity index (χ2v) is 6.14. The summed E-state index contributed by atoms with van der Waals surface area (Å²) in [5.74, 6) is -0.321. The van der Waals surface area contributed by atoms with Crippen molar-refractivity contribution in [1.29, 1.82) is 0 Å². The van der Waals surface area contributed by atoms with Crippen LogP contribution in [0.4, 0.5) is 0 Å². The topological polar surface area (TPSA) is 26.3 Å². The Bertz CT molecular complexity index is 657. The minimum absolute atomic E-state index is 0.321. The Morgan fingerprint density at radius 3 is 2.19 bits per heavy atom. The Hall–Kier alpha value is -1.80. The first kappa shape index (κ1) is 15.6. The lowest BCUT2D eigenvalue weighted by atomic mass is 9.98. The van der Waals surface area contributed by atoms with Gasteiger partial charge in [0.2, 0.25) is 0 Å². The molecule has 0 atom stereocenters. The van der Waals surface area contributed by atoms with Crippen molar-refractivity contribution in [1.82, 2.24) is 0 Å². The Morgan fingerprint density at radius 1 is 1.00 bits per heavy atom. The Balaban J connectivity index is 2.21. The van der Waals surface area contributed by atoms with Crippen molar-refractivity contribution < 1.29 is 9.53 Å². The van der Waals surface area contributed by atoms with Crippen molar-refractivity contribution in [3.8, 4) is 0 Å². The standard InChI is InChI=1S/C18H19ClO2/c1-12-5-6-14(11-13(12)2)17(20)21-18(3,4)15-7-9-16(19)10-8-15/h5-11H,1-4H3. The van der Waals surface area contributed by atoms with Crippen LogP contribution in [0.15, 0.2) is 42.5 Å². The molecular formula is C18H19ClO2. The fourth-order valence-corrected chi connectivity index (χ4v) is 2.20. The van der Waals surface area contributed by atoms with Crippen LogP contribution in [0.2, 0.25) is 5.02 Å². The predicted octanol–water partition coefficient (Wildman–Crippen LogP) is 5.05. The second-order valence-electron chi connectivity index (χ2n) is 5.71. The third kappa shape index (κ3) is 3.64. The van der Waals surface area contributed by atoms with E-state index >= 15 is 0 Å². The fraction of sp³-hybridized carbons (Fsp3) is 0.278. The molecule has 2 rings (SSSR count). The number of benzene rings is 2. The van der Waals surface area contributed by atoms with Crippen LogP contribution in [0.3, 0.4) is 0 Å². The summed E-state index contributed by atoms with van der Waals surface area (Å²) in [5, 5.41) is 0.662. The smallest absolute Gasteiger partial charge is 0.339 e. The van der Waals surface area contributed by atoms with Crippen LogP contribution < -0.4 is 0 Å². The lowest BCUT2D eigenvalue weighted by molar-refractivity contribution is -0.00313. The summed E-state index contributed by atoms with van der Waals surface area (Å²) in [4.78, 5) is 12.3. The van der Waals surface area contributed by atoms with Gasteiger partial charge in [-0.1, -0.05) is 29.8 Å². The van der Waals surface area contributed by atoms with Crippen molar-refractivity contribution in [2.75, 3.05) is 0 Å². The lowest BCUT2D eigenvalue weighted by Gasteiger charge is -2.26. The number of carbonyl (C=O) groups is 1. The molecular weight excluding hydrogens is 284 g/mol. The van der Waals surface area contributed by atoms with E-state index in [4.69, 9.17) is 16.3 Å². The summed E-state index contributed by atoms with van der Waals surface area (Å²) in [6.07, 6.45) is 0. The van der Waals surface area contributed by atoms with Crippen molar-refractivity contribution in [2.45, 2.75) is 33.3 Å². The quantitative estimate of drug-likeness (QED) is 0.742. The maximum absolute atomic E-state index is 12.3. The molecule has 0 N–H and O–H groups in total. The highest BCUT2D eigenvalue weighted by molar-refractivity contribution is 6.30. The van der Waals surface area contributed by atoms with Gasteiger partial charge in [0.25, 0.3) is 0 Å². The van der Waals surface area contributed by atoms with Crippen LogP contribution in [-0.2, 0) is 10.3 Å². The molecule has 0 aromatic heterocycles. The molecule has 0 bridgehead atoms. The van der Waals surface area contributed by atoms with E-state index in [-0.39, 0.29) is 5.97 Å². The predicted molar refractivity (Wildman–Crippen MR) is 85.8 cm³/mol. The van der Waals surface area contributed by atoms with Gasteiger partial charge in [-0.2, -0.15) is 0 Å². The number of hydrogen-bond acceptors (Lipinski definition) is 2. The number of rotatable bonds is 3. The average molecular weight is 303 g/mol. The molecule has 21 heavy (non-hydrogen) atoms. The first-order valence-corrected chi connectivity index (χ1v) is 7.24. The van der Waals surface area contributed by atoms with Gasteiger partial charge in [0.15, 0.2) is 0 Å². The van der Waals surface area contributed by atoms with E-state index in [0.717, 1.165) is 16.7 Å². The maximum atomic E-state index is 12.3. The highest BCUT2D eigenvalue weighted by Crippen LogP contribution is 2.27. The molecule has 0 aliphatic heterocycles. The van der Waals surface area contributed by atoms with E-state index in [1.807, 2.05) is 52.0 Å². The highest BCUT2D eigenvalue weighted by Gasteiger charge is 2.26. The Kier molecular flexibility index (Phi) is 4.38.